The molecular formula is C14H14N4. The summed E-state index contributed by atoms with van der Waals surface area (Å²) in [4.78, 5) is 8.77. The van der Waals surface area contributed by atoms with Crippen molar-refractivity contribution in [2.24, 2.45) is 0 Å². The molecule has 90 valence electrons. The number of aromatic nitrogens is 4. The Bertz CT molecular complexity index is 713. The van der Waals surface area contributed by atoms with E-state index < -0.39 is 0 Å². The van der Waals surface area contributed by atoms with Gasteiger partial charge in [-0.3, -0.25) is 4.98 Å². The molecule has 4 nitrogen and oxygen atoms in total. The lowest BCUT2D eigenvalue weighted by atomic mass is 10.1. The third-order valence-corrected chi connectivity index (χ3v) is 3.02. The SMILES string of the molecule is Cc1cc(C)n2nc(C)c(-c3cccnc3)c2n1. The van der Waals surface area contributed by atoms with Gasteiger partial charge in [-0.1, -0.05) is 6.07 Å². The lowest BCUT2D eigenvalue weighted by Crippen LogP contribution is -1.97. The lowest BCUT2D eigenvalue weighted by molar-refractivity contribution is 0.870. The smallest absolute Gasteiger partial charge is 0.163 e. The molecule has 0 amide bonds. The molecule has 0 radical (unpaired) electrons. The largest absolute Gasteiger partial charge is 0.264 e. The Kier molecular flexibility index (Phi) is 2.37. The minimum atomic E-state index is 0.901. The van der Waals surface area contributed by atoms with Gasteiger partial charge >= 0.3 is 0 Å². The van der Waals surface area contributed by atoms with Gasteiger partial charge in [0.05, 0.1) is 11.3 Å². The zero-order valence-corrected chi connectivity index (χ0v) is 10.7. The molecule has 3 aromatic heterocycles. The quantitative estimate of drug-likeness (QED) is 0.654. The summed E-state index contributed by atoms with van der Waals surface area (Å²) in [5.74, 6) is 0. The third-order valence-electron chi connectivity index (χ3n) is 3.02. The fourth-order valence-corrected chi connectivity index (χ4v) is 2.28. The van der Waals surface area contributed by atoms with Crippen LogP contribution in [-0.2, 0) is 0 Å². The number of pyridine rings is 1. The van der Waals surface area contributed by atoms with Crippen molar-refractivity contribution in [3.8, 4) is 11.1 Å². The molecule has 0 aliphatic carbocycles. The van der Waals surface area contributed by atoms with Crippen LogP contribution in [0.25, 0.3) is 16.8 Å². The molecule has 0 saturated heterocycles. The summed E-state index contributed by atoms with van der Waals surface area (Å²) in [7, 11) is 0. The van der Waals surface area contributed by atoms with Crippen molar-refractivity contribution in [1.29, 1.82) is 0 Å². The van der Waals surface area contributed by atoms with Crippen molar-refractivity contribution in [2.45, 2.75) is 20.8 Å². The molecule has 18 heavy (non-hydrogen) atoms. The van der Waals surface area contributed by atoms with Crippen LogP contribution in [0.5, 0.6) is 0 Å². The van der Waals surface area contributed by atoms with Crippen molar-refractivity contribution in [2.75, 3.05) is 0 Å². The second kappa shape index (κ2) is 3.91. The van der Waals surface area contributed by atoms with Crippen LogP contribution in [0.15, 0.2) is 30.6 Å². The Labute approximate surface area is 105 Å². The first-order valence-corrected chi connectivity index (χ1v) is 5.91. The molecule has 3 heterocycles. The van der Waals surface area contributed by atoms with Gasteiger partial charge in [0.2, 0.25) is 0 Å². The summed E-state index contributed by atoms with van der Waals surface area (Å²) < 4.78 is 1.89. The van der Waals surface area contributed by atoms with E-state index in [4.69, 9.17) is 0 Å². The van der Waals surface area contributed by atoms with E-state index in [0.29, 0.717) is 0 Å². The molecule has 0 fully saturated rings. The third kappa shape index (κ3) is 1.57. The summed E-state index contributed by atoms with van der Waals surface area (Å²) in [6, 6.07) is 6.00. The van der Waals surface area contributed by atoms with Gasteiger partial charge in [-0.2, -0.15) is 5.10 Å². The molecule has 0 bridgehead atoms. The number of hydrogen-bond donors (Lipinski definition) is 0. The molecule has 3 rings (SSSR count). The van der Waals surface area contributed by atoms with Crippen molar-refractivity contribution in [3.05, 3.63) is 47.7 Å². The average Bonchev–Trinajstić information content (AvgIpc) is 2.67. The molecule has 0 N–H and O–H groups in total. The van der Waals surface area contributed by atoms with Gasteiger partial charge < -0.3 is 0 Å². The molecular weight excluding hydrogens is 224 g/mol. The summed E-state index contributed by atoms with van der Waals surface area (Å²) in [5.41, 5.74) is 6.10. The van der Waals surface area contributed by atoms with Gasteiger partial charge in [-0.15, -0.1) is 0 Å². The van der Waals surface area contributed by atoms with Crippen LogP contribution in [0.1, 0.15) is 17.1 Å². The Morgan fingerprint density at radius 2 is 2.00 bits per heavy atom. The van der Waals surface area contributed by atoms with E-state index in [1.807, 2.05) is 49.7 Å². The standard InChI is InChI=1S/C14H14N4/c1-9-7-10(2)18-14(16-9)13(11(3)17-18)12-5-4-6-15-8-12/h4-8H,1-3H3. The predicted molar refractivity (Wildman–Crippen MR) is 70.4 cm³/mol. The molecule has 0 aliphatic heterocycles. The van der Waals surface area contributed by atoms with Gasteiger partial charge in [0.15, 0.2) is 5.65 Å². The Morgan fingerprint density at radius 1 is 1.17 bits per heavy atom. The van der Waals surface area contributed by atoms with Crippen LogP contribution in [0.2, 0.25) is 0 Å². The van der Waals surface area contributed by atoms with Crippen LogP contribution >= 0.6 is 0 Å². The molecule has 0 saturated carbocycles. The zero-order valence-electron chi connectivity index (χ0n) is 10.7. The molecule has 4 heteroatoms. The highest BCUT2D eigenvalue weighted by atomic mass is 15.3. The summed E-state index contributed by atoms with van der Waals surface area (Å²) in [6.07, 6.45) is 3.62. The minimum absolute atomic E-state index is 0.901. The van der Waals surface area contributed by atoms with Crippen molar-refractivity contribution in [3.63, 3.8) is 0 Å². The number of aryl methyl sites for hydroxylation is 3. The van der Waals surface area contributed by atoms with Crippen molar-refractivity contribution >= 4 is 5.65 Å². The second-order valence-corrected chi connectivity index (χ2v) is 4.48. The maximum atomic E-state index is 4.61. The van der Waals surface area contributed by atoms with Crippen molar-refractivity contribution < 1.29 is 0 Å². The minimum Gasteiger partial charge on any atom is -0.264 e. The molecule has 3 aromatic rings. The van der Waals surface area contributed by atoms with Gasteiger partial charge in [0.1, 0.15) is 0 Å². The Balaban J connectivity index is 2.39. The first kappa shape index (κ1) is 10.9. The summed E-state index contributed by atoms with van der Waals surface area (Å²) >= 11 is 0. The molecule has 0 aliphatic rings. The first-order valence-electron chi connectivity index (χ1n) is 5.91. The Morgan fingerprint density at radius 3 is 2.72 bits per heavy atom. The predicted octanol–water partition coefficient (Wildman–Crippen LogP) is 2.72. The van der Waals surface area contributed by atoms with E-state index in [1.54, 1.807) is 6.20 Å². The number of fused-ring (bicyclic) bond motifs is 1. The van der Waals surface area contributed by atoms with Crippen LogP contribution < -0.4 is 0 Å². The van der Waals surface area contributed by atoms with Gasteiger partial charge in [0, 0.05) is 29.3 Å². The number of nitrogens with zero attached hydrogens (tertiary/aromatic N) is 4. The highest BCUT2D eigenvalue weighted by Gasteiger charge is 2.14. The molecule has 0 spiro atoms. The second-order valence-electron chi connectivity index (χ2n) is 4.48. The normalized spacial score (nSPS) is 11.1. The maximum Gasteiger partial charge on any atom is 0.163 e. The van der Waals surface area contributed by atoms with E-state index in [9.17, 15) is 0 Å². The molecule has 0 unspecified atom stereocenters. The highest BCUT2D eigenvalue weighted by Crippen LogP contribution is 2.26. The van der Waals surface area contributed by atoms with Gasteiger partial charge in [-0.25, -0.2) is 9.50 Å². The Hall–Kier alpha value is -2.23. The monoisotopic (exact) mass is 238 g/mol. The van der Waals surface area contributed by atoms with E-state index in [-0.39, 0.29) is 0 Å². The summed E-state index contributed by atoms with van der Waals surface area (Å²) in [6.45, 7) is 6.05. The fourth-order valence-electron chi connectivity index (χ4n) is 2.28. The number of hydrogen-bond acceptors (Lipinski definition) is 3. The van der Waals surface area contributed by atoms with Crippen LogP contribution in [0.4, 0.5) is 0 Å². The van der Waals surface area contributed by atoms with E-state index >= 15 is 0 Å². The average molecular weight is 238 g/mol. The fraction of sp³-hybridized carbons (Fsp3) is 0.214. The number of rotatable bonds is 1. The lowest BCUT2D eigenvalue weighted by Gasteiger charge is -2.02. The van der Waals surface area contributed by atoms with Crippen LogP contribution in [0, 0.1) is 20.8 Å². The van der Waals surface area contributed by atoms with Crippen LogP contribution in [0.3, 0.4) is 0 Å². The van der Waals surface area contributed by atoms with Gasteiger partial charge in [0.25, 0.3) is 0 Å². The molecule has 0 aromatic carbocycles. The van der Waals surface area contributed by atoms with Crippen molar-refractivity contribution in [1.82, 2.24) is 19.6 Å². The van der Waals surface area contributed by atoms with E-state index in [0.717, 1.165) is 33.9 Å². The highest BCUT2D eigenvalue weighted by molar-refractivity contribution is 5.79. The molecule has 0 atom stereocenters. The summed E-state index contributed by atoms with van der Waals surface area (Å²) in [5, 5.41) is 4.56. The van der Waals surface area contributed by atoms with E-state index in [2.05, 4.69) is 15.1 Å². The topological polar surface area (TPSA) is 43.1 Å². The van der Waals surface area contributed by atoms with E-state index in [1.165, 1.54) is 0 Å². The maximum absolute atomic E-state index is 4.61. The van der Waals surface area contributed by atoms with Gasteiger partial charge in [-0.05, 0) is 32.9 Å². The van der Waals surface area contributed by atoms with Crippen LogP contribution in [-0.4, -0.2) is 19.6 Å². The first-order chi connectivity index (χ1) is 8.66. The zero-order chi connectivity index (χ0) is 12.7.